The molecule has 1 heterocycles. The Labute approximate surface area is 187 Å². The number of anilines is 2. The Kier molecular flexibility index (Phi) is 6.19. The lowest BCUT2D eigenvalue weighted by Gasteiger charge is -2.13. The summed E-state index contributed by atoms with van der Waals surface area (Å²) in [4.78, 5) is 17.7. The molecule has 4 aromatic rings. The van der Waals surface area contributed by atoms with Gasteiger partial charge in [0.25, 0.3) is 5.91 Å². The van der Waals surface area contributed by atoms with E-state index in [1.807, 2.05) is 60.7 Å². The summed E-state index contributed by atoms with van der Waals surface area (Å²) in [6, 6.07) is 23.4. The number of pyridine rings is 1. The molecular formula is C26H24ClN3O. The molecule has 0 aliphatic heterocycles. The first-order valence-corrected chi connectivity index (χ1v) is 10.6. The number of aryl methyl sites for hydroxylation is 2. The van der Waals surface area contributed by atoms with Gasteiger partial charge < -0.3 is 10.6 Å². The van der Waals surface area contributed by atoms with Crippen LogP contribution in [0.25, 0.3) is 10.9 Å². The van der Waals surface area contributed by atoms with Gasteiger partial charge in [0, 0.05) is 22.6 Å². The Morgan fingerprint density at radius 1 is 0.935 bits per heavy atom. The number of hydrogen-bond acceptors (Lipinski definition) is 3. The summed E-state index contributed by atoms with van der Waals surface area (Å²) in [5.74, 6) is 0.528. The van der Waals surface area contributed by atoms with Crippen molar-refractivity contribution in [3.05, 3.63) is 100 Å². The summed E-state index contributed by atoms with van der Waals surface area (Å²) in [6.07, 6.45) is 0.736. The maximum absolute atomic E-state index is 13.0. The maximum atomic E-state index is 13.0. The third kappa shape index (κ3) is 5.04. The Bertz CT molecular complexity index is 1240. The lowest BCUT2D eigenvalue weighted by molar-refractivity contribution is 0.0956. The molecule has 0 aliphatic rings. The van der Waals surface area contributed by atoms with Crippen LogP contribution in [-0.4, -0.2) is 17.4 Å². The van der Waals surface area contributed by atoms with Crippen molar-refractivity contribution in [2.24, 2.45) is 0 Å². The van der Waals surface area contributed by atoms with Crippen molar-refractivity contribution in [1.82, 2.24) is 10.3 Å². The van der Waals surface area contributed by atoms with E-state index in [0.717, 1.165) is 28.6 Å². The van der Waals surface area contributed by atoms with Crippen molar-refractivity contribution in [2.75, 3.05) is 11.9 Å². The van der Waals surface area contributed by atoms with Gasteiger partial charge in [-0.1, -0.05) is 48.0 Å². The number of para-hydroxylation sites is 1. The summed E-state index contributed by atoms with van der Waals surface area (Å²) < 4.78 is 0. The summed E-state index contributed by atoms with van der Waals surface area (Å²) in [5, 5.41) is 7.92. The third-order valence-corrected chi connectivity index (χ3v) is 5.60. The van der Waals surface area contributed by atoms with Crippen LogP contribution in [0.1, 0.15) is 27.0 Å². The van der Waals surface area contributed by atoms with Crippen molar-refractivity contribution in [3.63, 3.8) is 0 Å². The number of benzene rings is 3. The van der Waals surface area contributed by atoms with Gasteiger partial charge >= 0.3 is 0 Å². The first kappa shape index (κ1) is 20.9. The molecule has 1 amide bonds. The van der Waals surface area contributed by atoms with Crippen LogP contribution in [0.4, 0.5) is 11.5 Å². The molecule has 0 fully saturated rings. The number of nitrogens with zero attached hydrogens (tertiary/aromatic N) is 1. The van der Waals surface area contributed by atoms with Gasteiger partial charge in [-0.3, -0.25) is 4.79 Å². The lowest BCUT2D eigenvalue weighted by atomic mass is 10.1. The Morgan fingerprint density at radius 2 is 1.71 bits per heavy atom. The highest BCUT2D eigenvalue weighted by Gasteiger charge is 2.13. The van der Waals surface area contributed by atoms with Gasteiger partial charge in [0.1, 0.15) is 5.82 Å². The van der Waals surface area contributed by atoms with E-state index in [4.69, 9.17) is 16.6 Å². The average molecular weight is 430 g/mol. The van der Waals surface area contributed by atoms with Crippen LogP contribution in [0.15, 0.2) is 72.8 Å². The van der Waals surface area contributed by atoms with E-state index in [0.29, 0.717) is 22.9 Å². The van der Waals surface area contributed by atoms with Crippen molar-refractivity contribution < 1.29 is 4.79 Å². The van der Waals surface area contributed by atoms with E-state index in [1.165, 1.54) is 11.1 Å². The largest absolute Gasteiger partial charge is 0.352 e. The molecule has 5 heteroatoms. The molecule has 4 rings (SSSR count). The van der Waals surface area contributed by atoms with E-state index >= 15 is 0 Å². The number of fused-ring (bicyclic) bond motifs is 1. The number of halogens is 1. The molecule has 0 radical (unpaired) electrons. The molecule has 2 N–H and O–H groups in total. The van der Waals surface area contributed by atoms with Gasteiger partial charge in [0.2, 0.25) is 0 Å². The van der Waals surface area contributed by atoms with Gasteiger partial charge in [-0.05, 0) is 73.4 Å². The van der Waals surface area contributed by atoms with Crippen molar-refractivity contribution in [1.29, 1.82) is 0 Å². The molecule has 1 aromatic heterocycles. The SMILES string of the molecule is Cc1ccc(Nc2cc(C(=O)NCCc3ccc(Cl)cc3)c3ccccc3n2)cc1C. The average Bonchev–Trinajstić information content (AvgIpc) is 2.77. The fourth-order valence-corrected chi connectivity index (χ4v) is 3.59. The second kappa shape index (κ2) is 9.19. The number of nitrogens with one attached hydrogen (secondary N) is 2. The van der Waals surface area contributed by atoms with Crippen molar-refractivity contribution >= 4 is 39.9 Å². The van der Waals surface area contributed by atoms with Crippen LogP contribution in [-0.2, 0) is 6.42 Å². The number of hydrogen-bond donors (Lipinski definition) is 2. The fraction of sp³-hybridized carbons (Fsp3) is 0.154. The summed E-state index contributed by atoms with van der Waals surface area (Å²) in [6.45, 7) is 4.70. The standard InChI is InChI=1S/C26H24ClN3O/c1-17-7-12-21(15-18(17)2)29-25-16-23(22-5-3-4-6-24(22)30-25)26(31)28-14-13-19-8-10-20(27)11-9-19/h3-12,15-16H,13-14H2,1-2H3,(H,28,31)(H,29,30). The first-order valence-electron chi connectivity index (χ1n) is 10.3. The maximum Gasteiger partial charge on any atom is 0.252 e. The van der Waals surface area contributed by atoms with Crippen LogP contribution in [0.2, 0.25) is 5.02 Å². The highest BCUT2D eigenvalue weighted by molar-refractivity contribution is 6.30. The second-order valence-corrected chi connectivity index (χ2v) is 8.07. The zero-order valence-corrected chi connectivity index (χ0v) is 18.3. The van der Waals surface area contributed by atoms with Crippen LogP contribution in [0.5, 0.6) is 0 Å². The highest BCUT2D eigenvalue weighted by Crippen LogP contribution is 2.24. The molecule has 0 bridgehead atoms. The van der Waals surface area contributed by atoms with Crippen LogP contribution >= 0.6 is 11.6 Å². The number of amides is 1. The molecular weight excluding hydrogens is 406 g/mol. The topological polar surface area (TPSA) is 54.0 Å². The van der Waals surface area contributed by atoms with Crippen LogP contribution in [0, 0.1) is 13.8 Å². The van der Waals surface area contributed by atoms with E-state index in [1.54, 1.807) is 0 Å². The Hall–Kier alpha value is -3.37. The molecule has 0 spiro atoms. The number of aromatic nitrogens is 1. The minimum atomic E-state index is -0.115. The van der Waals surface area contributed by atoms with Crippen LogP contribution < -0.4 is 10.6 Å². The molecule has 4 nitrogen and oxygen atoms in total. The smallest absolute Gasteiger partial charge is 0.252 e. The first-order chi connectivity index (χ1) is 15.0. The molecule has 0 aliphatic carbocycles. The van der Waals surface area contributed by atoms with E-state index < -0.39 is 0 Å². The van der Waals surface area contributed by atoms with Gasteiger partial charge in [0.15, 0.2) is 0 Å². The second-order valence-electron chi connectivity index (χ2n) is 7.63. The Balaban J connectivity index is 1.55. The quantitative estimate of drug-likeness (QED) is 0.382. The number of carbonyl (C=O) groups excluding carboxylic acids is 1. The number of rotatable bonds is 6. The van der Waals surface area contributed by atoms with Crippen molar-refractivity contribution in [2.45, 2.75) is 20.3 Å². The zero-order valence-electron chi connectivity index (χ0n) is 17.6. The molecule has 156 valence electrons. The van der Waals surface area contributed by atoms with Gasteiger partial charge in [-0.2, -0.15) is 0 Å². The van der Waals surface area contributed by atoms with Gasteiger partial charge in [0.05, 0.1) is 11.1 Å². The summed E-state index contributed by atoms with van der Waals surface area (Å²) in [7, 11) is 0. The predicted molar refractivity (Wildman–Crippen MR) is 128 cm³/mol. The minimum absolute atomic E-state index is 0.115. The zero-order chi connectivity index (χ0) is 21.8. The van der Waals surface area contributed by atoms with Gasteiger partial charge in [-0.15, -0.1) is 0 Å². The lowest BCUT2D eigenvalue weighted by Crippen LogP contribution is -2.26. The molecule has 0 atom stereocenters. The molecule has 0 saturated heterocycles. The monoisotopic (exact) mass is 429 g/mol. The molecule has 31 heavy (non-hydrogen) atoms. The fourth-order valence-electron chi connectivity index (χ4n) is 3.46. The van der Waals surface area contributed by atoms with Crippen LogP contribution in [0.3, 0.4) is 0 Å². The highest BCUT2D eigenvalue weighted by atomic mass is 35.5. The summed E-state index contributed by atoms with van der Waals surface area (Å²) >= 11 is 5.94. The summed E-state index contributed by atoms with van der Waals surface area (Å²) in [5.41, 5.74) is 5.89. The molecule has 3 aromatic carbocycles. The third-order valence-electron chi connectivity index (χ3n) is 5.35. The van der Waals surface area contributed by atoms with E-state index in [9.17, 15) is 4.79 Å². The minimum Gasteiger partial charge on any atom is -0.352 e. The van der Waals surface area contributed by atoms with Gasteiger partial charge in [-0.25, -0.2) is 4.98 Å². The normalized spacial score (nSPS) is 10.8. The molecule has 0 saturated carbocycles. The Morgan fingerprint density at radius 3 is 2.48 bits per heavy atom. The van der Waals surface area contributed by atoms with Crippen molar-refractivity contribution in [3.8, 4) is 0 Å². The van der Waals surface area contributed by atoms with E-state index in [-0.39, 0.29) is 5.91 Å². The number of carbonyl (C=O) groups is 1. The van der Waals surface area contributed by atoms with E-state index in [2.05, 4.69) is 36.6 Å². The molecule has 0 unspecified atom stereocenters. The predicted octanol–water partition coefficient (Wildman–Crippen LogP) is 6.22.